The van der Waals surface area contributed by atoms with Gasteiger partial charge in [0.15, 0.2) is 11.5 Å². The second-order valence-electron chi connectivity index (χ2n) is 9.14. The molecule has 4 aromatic carbocycles. The van der Waals surface area contributed by atoms with Crippen LogP contribution < -0.4 is 14.8 Å². The van der Waals surface area contributed by atoms with Gasteiger partial charge in [0, 0.05) is 23.1 Å². The van der Waals surface area contributed by atoms with Gasteiger partial charge in [-0.15, -0.1) is 0 Å². The molecule has 0 aliphatic rings. The van der Waals surface area contributed by atoms with Gasteiger partial charge in [-0.2, -0.15) is 0 Å². The van der Waals surface area contributed by atoms with Crippen LogP contribution in [0.5, 0.6) is 11.5 Å². The maximum atomic E-state index is 14.0. The summed E-state index contributed by atoms with van der Waals surface area (Å²) in [6.45, 7) is 0.420. The smallest absolute Gasteiger partial charge is 0.247 e. The van der Waals surface area contributed by atoms with Crippen LogP contribution in [0.15, 0.2) is 97.1 Å². The van der Waals surface area contributed by atoms with Crippen molar-refractivity contribution >= 4 is 35.0 Å². The number of rotatable bonds is 11. The van der Waals surface area contributed by atoms with E-state index < -0.39 is 6.04 Å². The second kappa shape index (κ2) is 13.9. The summed E-state index contributed by atoms with van der Waals surface area (Å²) in [5.41, 5.74) is 3.05. The zero-order valence-corrected chi connectivity index (χ0v) is 23.8. The fraction of sp³-hybridized carbons (Fsp3) is 0.188. The highest BCUT2D eigenvalue weighted by Gasteiger charge is 2.31. The first-order valence-corrected chi connectivity index (χ1v) is 13.5. The van der Waals surface area contributed by atoms with Gasteiger partial charge in [-0.25, -0.2) is 0 Å². The number of nitrogens with one attached hydrogen (secondary N) is 1. The van der Waals surface area contributed by atoms with Gasteiger partial charge in [0.1, 0.15) is 6.04 Å². The van der Waals surface area contributed by atoms with E-state index in [2.05, 4.69) is 5.32 Å². The van der Waals surface area contributed by atoms with Crippen LogP contribution in [0.2, 0.25) is 10.0 Å². The van der Waals surface area contributed by atoms with Crippen molar-refractivity contribution in [1.29, 1.82) is 0 Å². The zero-order valence-electron chi connectivity index (χ0n) is 22.3. The van der Waals surface area contributed by atoms with Crippen LogP contribution in [0.3, 0.4) is 0 Å². The molecule has 40 heavy (non-hydrogen) atoms. The molecule has 1 unspecified atom stereocenters. The lowest BCUT2D eigenvalue weighted by atomic mass is 10.0. The summed E-state index contributed by atoms with van der Waals surface area (Å²) in [6.07, 6.45) is 0.0623. The van der Waals surface area contributed by atoms with E-state index in [1.54, 1.807) is 49.5 Å². The topological polar surface area (TPSA) is 67.9 Å². The van der Waals surface area contributed by atoms with Gasteiger partial charge in [-0.1, -0.05) is 96.0 Å². The molecule has 0 radical (unpaired) electrons. The first kappa shape index (κ1) is 29.0. The highest BCUT2D eigenvalue weighted by Crippen LogP contribution is 2.30. The van der Waals surface area contributed by atoms with Crippen molar-refractivity contribution in [3.63, 3.8) is 0 Å². The fourth-order valence-electron chi connectivity index (χ4n) is 4.42. The lowest BCUT2D eigenvalue weighted by Gasteiger charge is -2.32. The minimum Gasteiger partial charge on any atom is -0.493 e. The lowest BCUT2D eigenvalue weighted by Crippen LogP contribution is -2.43. The van der Waals surface area contributed by atoms with Crippen molar-refractivity contribution in [1.82, 2.24) is 10.2 Å². The number of amides is 2. The molecule has 1 N–H and O–H groups in total. The molecular weight excluding hydrogens is 547 g/mol. The van der Waals surface area contributed by atoms with E-state index in [1.165, 1.54) is 0 Å². The Bertz CT molecular complexity index is 1450. The maximum Gasteiger partial charge on any atom is 0.247 e. The van der Waals surface area contributed by atoms with Crippen LogP contribution in [-0.2, 0) is 29.1 Å². The molecule has 0 aliphatic carbocycles. The molecular formula is C32H30Cl2N2O4. The van der Waals surface area contributed by atoms with Crippen LogP contribution >= 0.6 is 23.2 Å². The van der Waals surface area contributed by atoms with Crippen LogP contribution in [0.1, 0.15) is 28.3 Å². The number of benzene rings is 4. The molecule has 0 heterocycles. The molecule has 0 aromatic heterocycles. The Kier molecular flexibility index (Phi) is 10.1. The Morgan fingerprint density at radius 1 is 0.800 bits per heavy atom. The molecule has 4 rings (SSSR count). The Hall–Kier alpha value is -4.00. The summed E-state index contributed by atoms with van der Waals surface area (Å²) in [7, 11) is 3.11. The van der Waals surface area contributed by atoms with E-state index >= 15 is 0 Å². The molecule has 206 valence electrons. The molecule has 1 atom stereocenters. The van der Waals surface area contributed by atoms with E-state index in [4.69, 9.17) is 32.7 Å². The van der Waals surface area contributed by atoms with E-state index in [1.807, 2.05) is 66.7 Å². The van der Waals surface area contributed by atoms with Gasteiger partial charge < -0.3 is 19.7 Å². The van der Waals surface area contributed by atoms with Crippen molar-refractivity contribution < 1.29 is 19.1 Å². The average molecular weight is 578 g/mol. The van der Waals surface area contributed by atoms with Crippen molar-refractivity contribution in [2.75, 3.05) is 14.2 Å². The van der Waals surface area contributed by atoms with Crippen molar-refractivity contribution in [2.45, 2.75) is 25.6 Å². The fourth-order valence-corrected chi connectivity index (χ4v) is 4.90. The van der Waals surface area contributed by atoms with Crippen molar-refractivity contribution in [2.24, 2.45) is 0 Å². The van der Waals surface area contributed by atoms with E-state index in [0.717, 1.165) is 16.7 Å². The highest BCUT2D eigenvalue weighted by molar-refractivity contribution is 6.35. The van der Waals surface area contributed by atoms with Gasteiger partial charge in [-0.3, -0.25) is 9.59 Å². The summed E-state index contributed by atoms with van der Waals surface area (Å²) >= 11 is 12.4. The SMILES string of the molecule is COc1ccc(CC(=O)N(Cc2ccccc2)C(C(=O)NCc2ccc(Cl)cc2Cl)c2ccccc2)cc1OC. The number of halogens is 2. The molecule has 2 amide bonds. The van der Waals surface area contributed by atoms with Crippen molar-refractivity contribution in [3.05, 3.63) is 129 Å². The van der Waals surface area contributed by atoms with Gasteiger partial charge in [0.05, 0.1) is 20.6 Å². The quantitative estimate of drug-likeness (QED) is 0.217. The Balaban J connectivity index is 1.68. The van der Waals surface area contributed by atoms with Crippen LogP contribution in [0, 0.1) is 0 Å². The molecule has 0 spiro atoms. The molecule has 0 bridgehead atoms. The summed E-state index contributed by atoms with van der Waals surface area (Å²) in [5.74, 6) is 0.556. The molecule has 6 nitrogen and oxygen atoms in total. The first-order valence-electron chi connectivity index (χ1n) is 12.7. The normalized spacial score (nSPS) is 11.4. The number of nitrogens with zero attached hydrogens (tertiary/aromatic N) is 1. The van der Waals surface area contributed by atoms with Crippen LogP contribution in [-0.4, -0.2) is 30.9 Å². The monoisotopic (exact) mass is 576 g/mol. The third-order valence-electron chi connectivity index (χ3n) is 6.46. The molecule has 0 fully saturated rings. The van der Waals surface area contributed by atoms with E-state index in [0.29, 0.717) is 27.1 Å². The number of hydrogen-bond donors (Lipinski definition) is 1. The number of methoxy groups -OCH3 is 2. The minimum atomic E-state index is -0.889. The third kappa shape index (κ3) is 7.34. The standard InChI is InChI=1S/C32H30Cl2N2O4/c1-39-28-16-13-23(17-29(28)40-2)18-30(37)36(21-22-9-5-3-6-10-22)31(24-11-7-4-8-12-24)32(38)35-20-25-14-15-26(33)19-27(25)34/h3-17,19,31H,18,20-21H2,1-2H3,(H,35,38). The molecule has 0 aliphatic heterocycles. The minimum absolute atomic E-state index is 0.0623. The van der Waals surface area contributed by atoms with Gasteiger partial charge in [-0.05, 0) is 46.5 Å². The predicted octanol–water partition coefficient (Wildman–Crippen LogP) is 6.64. The Morgan fingerprint density at radius 2 is 1.48 bits per heavy atom. The summed E-state index contributed by atoms with van der Waals surface area (Å²) in [6, 6.07) is 28.5. The number of carbonyl (C=O) groups is 2. The van der Waals surface area contributed by atoms with E-state index in [9.17, 15) is 9.59 Å². The van der Waals surface area contributed by atoms with Gasteiger partial charge in [0.2, 0.25) is 11.8 Å². The Labute approximate surface area is 244 Å². The molecule has 8 heteroatoms. The number of ether oxygens (including phenoxy) is 2. The first-order chi connectivity index (χ1) is 19.4. The van der Waals surface area contributed by atoms with Gasteiger partial charge >= 0.3 is 0 Å². The summed E-state index contributed by atoms with van der Waals surface area (Å²) in [4.78, 5) is 29.5. The predicted molar refractivity (Wildman–Crippen MR) is 158 cm³/mol. The van der Waals surface area contributed by atoms with E-state index in [-0.39, 0.29) is 31.3 Å². The van der Waals surface area contributed by atoms with Crippen LogP contribution in [0.4, 0.5) is 0 Å². The zero-order chi connectivity index (χ0) is 28.5. The number of hydrogen-bond acceptors (Lipinski definition) is 4. The average Bonchev–Trinajstić information content (AvgIpc) is 2.97. The second-order valence-corrected chi connectivity index (χ2v) is 9.98. The molecule has 4 aromatic rings. The molecule has 0 saturated heterocycles. The number of carbonyl (C=O) groups excluding carboxylic acids is 2. The van der Waals surface area contributed by atoms with Gasteiger partial charge in [0.25, 0.3) is 0 Å². The summed E-state index contributed by atoms with van der Waals surface area (Å²) in [5, 5.41) is 3.94. The Morgan fingerprint density at radius 3 is 2.12 bits per heavy atom. The van der Waals surface area contributed by atoms with Crippen molar-refractivity contribution in [3.8, 4) is 11.5 Å². The van der Waals surface area contributed by atoms with Crippen LogP contribution in [0.25, 0.3) is 0 Å². The third-order valence-corrected chi connectivity index (χ3v) is 7.05. The largest absolute Gasteiger partial charge is 0.493 e. The lowest BCUT2D eigenvalue weighted by molar-refractivity contribution is -0.141. The maximum absolute atomic E-state index is 14.0. The summed E-state index contributed by atoms with van der Waals surface area (Å²) < 4.78 is 10.8. The highest BCUT2D eigenvalue weighted by atomic mass is 35.5. The molecule has 0 saturated carbocycles.